The van der Waals surface area contributed by atoms with Crippen LogP contribution in [0.3, 0.4) is 0 Å². The third kappa shape index (κ3) is 2.45. The average Bonchev–Trinajstić information content (AvgIpc) is 2.05. The molecule has 0 nitrogen and oxygen atoms in total. The molecule has 1 fully saturated rings. The molecule has 1 heteroatoms. The van der Waals surface area contributed by atoms with E-state index >= 15 is 0 Å². The van der Waals surface area contributed by atoms with Gasteiger partial charge in [-0.05, 0) is 24.7 Å². The summed E-state index contributed by atoms with van der Waals surface area (Å²) in [5, 5.41) is 0. The summed E-state index contributed by atoms with van der Waals surface area (Å²) in [7, 11) is 0. The SMILES string of the molecule is CCC(C(C)C)C1(F)CCCCC1. The first-order valence-corrected chi connectivity index (χ1v) is 5.79. The van der Waals surface area contributed by atoms with Crippen molar-refractivity contribution in [3.63, 3.8) is 0 Å². The van der Waals surface area contributed by atoms with Crippen LogP contribution in [-0.4, -0.2) is 5.67 Å². The predicted octanol–water partition coefficient (Wildman–Crippen LogP) is 4.34. The van der Waals surface area contributed by atoms with Gasteiger partial charge in [0.15, 0.2) is 0 Å². The van der Waals surface area contributed by atoms with Crippen LogP contribution in [0.1, 0.15) is 59.3 Å². The molecule has 0 bridgehead atoms. The van der Waals surface area contributed by atoms with Gasteiger partial charge in [-0.3, -0.25) is 0 Å². The Balaban J connectivity index is 2.63. The number of hydrogen-bond donors (Lipinski definition) is 0. The van der Waals surface area contributed by atoms with E-state index in [4.69, 9.17) is 0 Å². The fourth-order valence-corrected chi connectivity index (χ4v) is 2.94. The lowest BCUT2D eigenvalue weighted by molar-refractivity contribution is 0.0130. The van der Waals surface area contributed by atoms with Crippen molar-refractivity contribution in [2.45, 2.75) is 65.0 Å². The molecule has 0 amide bonds. The van der Waals surface area contributed by atoms with Crippen molar-refractivity contribution in [3.8, 4) is 0 Å². The fraction of sp³-hybridized carbons (Fsp3) is 1.00. The molecule has 0 saturated heterocycles. The zero-order chi connectivity index (χ0) is 9.90. The van der Waals surface area contributed by atoms with Crippen molar-refractivity contribution in [2.75, 3.05) is 0 Å². The first-order valence-electron chi connectivity index (χ1n) is 5.79. The molecule has 0 aromatic carbocycles. The van der Waals surface area contributed by atoms with Gasteiger partial charge in [0.1, 0.15) is 5.67 Å². The Bertz CT molecular complexity index is 145. The molecule has 1 aliphatic rings. The molecule has 1 rings (SSSR count). The summed E-state index contributed by atoms with van der Waals surface area (Å²) < 4.78 is 14.5. The van der Waals surface area contributed by atoms with Crippen LogP contribution >= 0.6 is 0 Å². The number of alkyl halides is 1. The summed E-state index contributed by atoms with van der Waals surface area (Å²) in [5.74, 6) is 0.779. The van der Waals surface area contributed by atoms with Gasteiger partial charge in [-0.2, -0.15) is 0 Å². The Hall–Kier alpha value is -0.0700. The standard InChI is InChI=1S/C12H23F/c1-4-11(10(2)3)12(13)8-6-5-7-9-12/h10-11H,4-9H2,1-3H3. The van der Waals surface area contributed by atoms with Gasteiger partial charge >= 0.3 is 0 Å². The monoisotopic (exact) mass is 186 g/mol. The molecule has 0 N–H and O–H groups in total. The maximum atomic E-state index is 14.5. The zero-order valence-corrected chi connectivity index (χ0v) is 9.28. The molecule has 0 spiro atoms. The smallest absolute Gasteiger partial charge is 0.114 e. The summed E-state index contributed by atoms with van der Waals surface area (Å²) in [5.41, 5.74) is -0.832. The van der Waals surface area contributed by atoms with Crippen molar-refractivity contribution in [2.24, 2.45) is 11.8 Å². The van der Waals surface area contributed by atoms with Gasteiger partial charge in [0.05, 0.1) is 0 Å². The van der Waals surface area contributed by atoms with Gasteiger partial charge in [0.25, 0.3) is 0 Å². The van der Waals surface area contributed by atoms with Crippen molar-refractivity contribution < 1.29 is 4.39 Å². The van der Waals surface area contributed by atoms with Crippen molar-refractivity contribution in [3.05, 3.63) is 0 Å². The molecule has 0 aromatic heterocycles. The van der Waals surface area contributed by atoms with E-state index in [0.29, 0.717) is 5.92 Å². The summed E-state index contributed by atoms with van der Waals surface area (Å²) in [6, 6.07) is 0. The maximum absolute atomic E-state index is 14.5. The van der Waals surface area contributed by atoms with E-state index in [1.54, 1.807) is 0 Å². The summed E-state index contributed by atoms with van der Waals surface area (Å²) in [4.78, 5) is 0. The van der Waals surface area contributed by atoms with Gasteiger partial charge < -0.3 is 0 Å². The third-order valence-electron chi connectivity index (χ3n) is 3.59. The summed E-state index contributed by atoms with van der Waals surface area (Å²) >= 11 is 0. The first-order chi connectivity index (χ1) is 6.10. The quantitative estimate of drug-likeness (QED) is 0.615. The maximum Gasteiger partial charge on any atom is 0.114 e. The van der Waals surface area contributed by atoms with Crippen LogP contribution in [0.5, 0.6) is 0 Å². The predicted molar refractivity (Wildman–Crippen MR) is 55.5 cm³/mol. The molecule has 1 atom stereocenters. The average molecular weight is 186 g/mol. The summed E-state index contributed by atoms with van der Waals surface area (Å²) in [6.07, 6.45) is 6.04. The largest absolute Gasteiger partial charge is 0.244 e. The van der Waals surface area contributed by atoms with Crippen LogP contribution in [0.4, 0.5) is 4.39 Å². The van der Waals surface area contributed by atoms with E-state index in [0.717, 1.165) is 32.1 Å². The van der Waals surface area contributed by atoms with Gasteiger partial charge in [0.2, 0.25) is 0 Å². The Morgan fingerprint density at radius 2 is 1.69 bits per heavy atom. The van der Waals surface area contributed by atoms with Gasteiger partial charge in [-0.25, -0.2) is 4.39 Å². The number of rotatable bonds is 3. The second-order valence-electron chi connectivity index (χ2n) is 4.85. The number of hydrogen-bond acceptors (Lipinski definition) is 0. The van der Waals surface area contributed by atoms with Crippen molar-refractivity contribution in [1.29, 1.82) is 0 Å². The van der Waals surface area contributed by atoms with E-state index in [2.05, 4.69) is 20.8 Å². The lowest BCUT2D eigenvalue weighted by atomic mass is 9.71. The van der Waals surface area contributed by atoms with Crippen LogP contribution in [-0.2, 0) is 0 Å². The zero-order valence-electron chi connectivity index (χ0n) is 9.28. The molecule has 0 radical (unpaired) electrons. The van der Waals surface area contributed by atoms with Crippen molar-refractivity contribution >= 4 is 0 Å². The number of halogens is 1. The fourth-order valence-electron chi connectivity index (χ4n) is 2.94. The molecular formula is C12H23F. The van der Waals surface area contributed by atoms with Crippen LogP contribution in [0.25, 0.3) is 0 Å². The highest BCUT2D eigenvalue weighted by molar-refractivity contribution is 4.90. The van der Waals surface area contributed by atoms with Crippen LogP contribution in [0.15, 0.2) is 0 Å². The second kappa shape index (κ2) is 4.43. The van der Waals surface area contributed by atoms with Crippen LogP contribution < -0.4 is 0 Å². The van der Waals surface area contributed by atoms with Gasteiger partial charge in [-0.15, -0.1) is 0 Å². The molecule has 78 valence electrons. The van der Waals surface area contributed by atoms with E-state index in [1.165, 1.54) is 6.42 Å². The lowest BCUT2D eigenvalue weighted by Crippen LogP contribution is -2.38. The molecular weight excluding hydrogens is 163 g/mol. The minimum absolute atomic E-state index is 0.285. The Morgan fingerprint density at radius 3 is 2.08 bits per heavy atom. The molecule has 1 aliphatic carbocycles. The highest BCUT2D eigenvalue weighted by Gasteiger charge is 2.40. The van der Waals surface area contributed by atoms with E-state index in [-0.39, 0.29) is 5.92 Å². The van der Waals surface area contributed by atoms with Crippen LogP contribution in [0.2, 0.25) is 0 Å². The Morgan fingerprint density at radius 1 is 1.15 bits per heavy atom. The third-order valence-corrected chi connectivity index (χ3v) is 3.59. The molecule has 0 heterocycles. The molecule has 0 aromatic rings. The molecule has 0 aliphatic heterocycles. The molecule has 1 saturated carbocycles. The van der Waals surface area contributed by atoms with E-state index in [1.807, 2.05) is 0 Å². The minimum Gasteiger partial charge on any atom is -0.244 e. The Kier molecular flexibility index (Phi) is 3.75. The van der Waals surface area contributed by atoms with E-state index < -0.39 is 5.67 Å². The highest BCUT2D eigenvalue weighted by Crippen LogP contribution is 2.42. The normalized spacial score (nSPS) is 24.7. The highest BCUT2D eigenvalue weighted by atomic mass is 19.1. The minimum atomic E-state index is -0.832. The van der Waals surface area contributed by atoms with Crippen LogP contribution in [0, 0.1) is 11.8 Å². The summed E-state index contributed by atoms with van der Waals surface area (Å²) in [6.45, 7) is 6.44. The van der Waals surface area contributed by atoms with Crippen molar-refractivity contribution in [1.82, 2.24) is 0 Å². The molecule has 13 heavy (non-hydrogen) atoms. The van der Waals surface area contributed by atoms with Gasteiger partial charge in [0, 0.05) is 0 Å². The first kappa shape index (κ1) is 11.0. The molecule has 1 unspecified atom stereocenters. The second-order valence-corrected chi connectivity index (χ2v) is 4.85. The topological polar surface area (TPSA) is 0 Å². The Labute approximate surface area is 81.9 Å². The lowest BCUT2D eigenvalue weighted by Gasteiger charge is -2.38. The van der Waals surface area contributed by atoms with Gasteiger partial charge in [-0.1, -0.05) is 46.5 Å². The van der Waals surface area contributed by atoms with E-state index in [9.17, 15) is 4.39 Å².